The third kappa shape index (κ3) is 5.72. The Hall–Kier alpha value is -1.78. The standard InChI is InChI=1S/C20H14BrCl2NO5S2/c1-28-15-4-11(5-17-19(27)24(8-18(25)26)20(30)31-17)13(21)7-16(15)29-9-10-2-3-12(22)6-14(10)23/h2-7H,8-9H2,1H3,(H,25,26)/b17-5+. The quantitative estimate of drug-likeness (QED) is 0.346. The number of carboxylic acids is 1. The molecule has 0 aromatic heterocycles. The molecule has 6 nitrogen and oxygen atoms in total. The first-order chi connectivity index (χ1) is 14.7. The number of thioether (sulfide) groups is 1. The van der Waals surface area contributed by atoms with Crippen LogP contribution in [0.25, 0.3) is 6.08 Å². The summed E-state index contributed by atoms with van der Waals surface area (Å²) in [5, 5.41) is 9.98. The van der Waals surface area contributed by atoms with Gasteiger partial charge in [0.25, 0.3) is 5.91 Å². The minimum absolute atomic E-state index is 0.196. The summed E-state index contributed by atoms with van der Waals surface area (Å²) in [4.78, 5) is 24.8. The van der Waals surface area contributed by atoms with Crippen molar-refractivity contribution < 1.29 is 24.2 Å². The Balaban J connectivity index is 1.84. The van der Waals surface area contributed by atoms with Gasteiger partial charge in [-0.15, -0.1) is 0 Å². The minimum atomic E-state index is -1.14. The number of aliphatic carboxylic acids is 1. The van der Waals surface area contributed by atoms with E-state index in [-0.39, 0.29) is 10.9 Å². The van der Waals surface area contributed by atoms with Gasteiger partial charge in [-0.3, -0.25) is 14.5 Å². The first-order valence-corrected chi connectivity index (χ1v) is 11.4. The number of methoxy groups -OCH3 is 1. The predicted octanol–water partition coefficient (Wildman–Crippen LogP) is 5.63. The molecule has 1 aliphatic heterocycles. The Bertz CT molecular complexity index is 1110. The molecule has 0 bridgehead atoms. The first kappa shape index (κ1) is 23.9. The molecule has 1 amide bonds. The Morgan fingerprint density at radius 2 is 2.03 bits per heavy atom. The molecule has 1 N–H and O–H groups in total. The highest BCUT2D eigenvalue weighted by atomic mass is 79.9. The summed E-state index contributed by atoms with van der Waals surface area (Å²) in [7, 11) is 1.50. The van der Waals surface area contributed by atoms with Crippen molar-refractivity contribution in [2.24, 2.45) is 0 Å². The van der Waals surface area contributed by atoms with Gasteiger partial charge >= 0.3 is 5.97 Å². The topological polar surface area (TPSA) is 76.1 Å². The van der Waals surface area contributed by atoms with Crippen molar-refractivity contribution in [2.75, 3.05) is 13.7 Å². The molecular formula is C20H14BrCl2NO5S2. The fraction of sp³-hybridized carbons (Fsp3) is 0.150. The average Bonchev–Trinajstić information content (AvgIpc) is 2.96. The molecule has 0 saturated carbocycles. The fourth-order valence-electron chi connectivity index (χ4n) is 2.64. The monoisotopic (exact) mass is 561 g/mol. The van der Waals surface area contributed by atoms with Crippen LogP contribution in [0.4, 0.5) is 0 Å². The highest BCUT2D eigenvalue weighted by molar-refractivity contribution is 9.10. The van der Waals surface area contributed by atoms with Crippen molar-refractivity contribution in [3.8, 4) is 11.5 Å². The van der Waals surface area contributed by atoms with Gasteiger partial charge in [0.1, 0.15) is 17.5 Å². The van der Waals surface area contributed by atoms with E-state index in [1.165, 1.54) is 7.11 Å². The second-order valence-corrected chi connectivity index (χ2v) is 9.58. The number of amides is 1. The Morgan fingerprint density at radius 3 is 2.68 bits per heavy atom. The van der Waals surface area contributed by atoms with Gasteiger partial charge in [0, 0.05) is 20.1 Å². The molecule has 31 heavy (non-hydrogen) atoms. The van der Waals surface area contributed by atoms with E-state index in [4.69, 9.17) is 50.0 Å². The van der Waals surface area contributed by atoms with E-state index in [2.05, 4.69) is 15.9 Å². The summed E-state index contributed by atoms with van der Waals surface area (Å²) in [6, 6.07) is 8.56. The Morgan fingerprint density at radius 1 is 1.29 bits per heavy atom. The lowest BCUT2D eigenvalue weighted by molar-refractivity contribution is -0.140. The summed E-state index contributed by atoms with van der Waals surface area (Å²) in [5.41, 5.74) is 1.40. The molecule has 1 saturated heterocycles. The van der Waals surface area contributed by atoms with Gasteiger partial charge in [0.2, 0.25) is 0 Å². The lowest BCUT2D eigenvalue weighted by atomic mass is 10.1. The minimum Gasteiger partial charge on any atom is -0.493 e. The summed E-state index contributed by atoms with van der Waals surface area (Å²) in [6.45, 7) is -0.279. The number of ether oxygens (including phenoxy) is 2. The molecule has 2 aromatic carbocycles. The molecule has 162 valence electrons. The maximum absolute atomic E-state index is 12.5. The molecule has 0 atom stereocenters. The van der Waals surface area contributed by atoms with Crippen LogP contribution in [0.3, 0.4) is 0 Å². The van der Waals surface area contributed by atoms with Gasteiger partial charge in [0.15, 0.2) is 11.5 Å². The van der Waals surface area contributed by atoms with Crippen LogP contribution in [-0.4, -0.2) is 39.9 Å². The van der Waals surface area contributed by atoms with Crippen LogP contribution in [0.1, 0.15) is 11.1 Å². The molecule has 1 heterocycles. The van der Waals surface area contributed by atoms with Crippen molar-refractivity contribution >= 4 is 85.4 Å². The fourth-order valence-corrected chi connectivity index (χ4v) is 4.79. The molecule has 3 rings (SSSR count). The van der Waals surface area contributed by atoms with Crippen LogP contribution in [0.2, 0.25) is 10.0 Å². The molecule has 11 heteroatoms. The summed E-state index contributed by atoms with van der Waals surface area (Å²) >= 11 is 21.7. The van der Waals surface area contributed by atoms with Crippen molar-refractivity contribution in [2.45, 2.75) is 6.61 Å². The van der Waals surface area contributed by atoms with Crippen molar-refractivity contribution in [1.29, 1.82) is 0 Å². The SMILES string of the molecule is COc1cc(/C=C2/SC(=S)N(CC(=O)O)C2=O)c(Br)cc1OCc1ccc(Cl)cc1Cl. The lowest BCUT2D eigenvalue weighted by Crippen LogP contribution is -2.33. The van der Waals surface area contributed by atoms with E-state index in [0.717, 1.165) is 22.2 Å². The van der Waals surface area contributed by atoms with Crippen LogP contribution < -0.4 is 9.47 Å². The average molecular weight is 563 g/mol. The molecular weight excluding hydrogens is 549 g/mol. The van der Waals surface area contributed by atoms with Gasteiger partial charge in [0.05, 0.1) is 12.0 Å². The molecule has 0 spiro atoms. The number of rotatable bonds is 7. The Kier molecular flexibility index (Phi) is 7.87. The Labute approximate surface area is 206 Å². The highest BCUT2D eigenvalue weighted by Crippen LogP contribution is 2.38. The molecule has 0 radical (unpaired) electrons. The van der Waals surface area contributed by atoms with Crippen LogP contribution in [0, 0.1) is 0 Å². The van der Waals surface area contributed by atoms with E-state index < -0.39 is 18.4 Å². The normalized spacial score (nSPS) is 15.0. The third-order valence-corrected chi connectivity index (χ3v) is 6.79. The zero-order chi connectivity index (χ0) is 22.7. The van der Waals surface area contributed by atoms with Crippen LogP contribution >= 0.6 is 63.1 Å². The van der Waals surface area contributed by atoms with Crippen molar-refractivity contribution in [3.05, 3.63) is 60.9 Å². The van der Waals surface area contributed by atoms with Gasteiger partial charge in [-0.05, 0) is 35.9 Å². The highest BCUT2D eigenvalue weighted by Gasteiger charge is 2.33. The number of carboxylic acid groups (broad SMARTS) is 1. The zero-order valence-corrected chi connectivity index (χ0v) is 20.6. The number of carbonyl (C=O) groups is 2. The number of halogens is 3. The van der Waals surface area contributed by atoms with Crippen LogP contribution in [-0.2, 0) is 16.2 Å². The largest absolute Gasteiger partial charge is 0.493 e. The third-order valence-electron chi connectivity index (χ3n) is 4.13. The number of thiocarbonyl (C=S) groups is 1. The predicted molar refractivity (Wildman–Crippen MR) is 129 cm³/mol. The molecule has 0 aliphatic carbocycles. The van der Waals surface area contributed by atoms with E-state index in [9.17, 15) is 9.59 Å². The van der Waals surface area contributed by atoms with Gasteiger partial charge < -0.3 is 14.6 Å². The van der Waals surface area contributed by atoms with E-state index in [0.29, 0.717) is 36.5 Å². The summed E-state index contributed by atoms with van der Waals surface area (Å²) in [6.07, 6.45) is 1.62. The first-order valence-electron chi connectivity index (χ1n) is 8.61. The van der Waals surface area contributed by atoms with E-state index >= 15 is 0 Å². The zero-order valence-electron chi connectivity index (χ0n) is 15.9. The maximum atomic E-state index is 12.5. The molecule has 1 aliphatic rings. The molecule has 1 fully saturated rings. The van der Waals surface area contributed by atoms with Gasteiger partial charge in [-0.25, -0.2) is 0 Å². The number of nitrogens with zero attached hydrogens (tertiary/aromatic N) is 1. The molecule has 2 aromatic rings. The lowest BCUT2D eigenvalue weighted by Gasteiger charge is -2.14. The number of benzene rings is 2. The van der Waals surface area contributed by atoms with Gasteiger partial charge in [-0.1, -0.05) is 69.2 Å². The second kappa shape index (κ2) is 10.2. The van der Waals surface area contributed by atoms with Crippen molar-refractivity contribution in [3.63, 3.8) is 0 Å². The van der Waals surface area contributed by atoms with Crippen LogP contribution in [0.5, 0.6) is 11.5 Å². The second-order valence-electron chi connectivity index (χ2n) is 6.21. The maximum Gasteiger partial charge on any atom is 0.323 e. The summed E-state index contributed by atoms with van der Waals surface area (Å²) in [5.74, 6) is -0.680. The number of hydrogen-bond donors (Lipinski definition) is 1. The van der Waals surface area contributed by atoms with E-state index in [1.807, 2.05) is 0 Å². The van der Waals surface area contributed by atoms with E-state index in [1.54, 1.807) is 36.4 Å². The van der Waals surface area contributed by atoms with Crippen LogP contribution in [0.15, 0.2) is 39.7 Å². The number of carbonyl (C=O) groups excluding carboxylic acids is 1. The van der Waals surface area contributed by atoms with Crippen molar-refractivity contribution in [1.82, 2.24) is 4.90 Å². The smallest absolute Gasteiger partial charge is 0.323 e. The summed E-state index contributed by atoms with van der Waals surface area (Å²) < 4.78 is 12.1. The van der Waals surface area contributed by atoms with Gasteiger partial charge in [-0.2, -0.15) is 0 Å². The molecule has 0 unspecified atom stereocenters. The number of hydrogen-bond acceptors (Lipinski definition) is 6.